The second kappa shape index (κ2) is 3.20. The second-order valence-electron chi connectivity index (χ2n) is 3.90. The van der Waals surface area contributed by atoms with Crippen LogP contribution in [0.3, 0.4) is 0 Å². The molecule has 0 aromatic carbocycles. The monoisotopic (exact) mass is 190 g/mol. The van der Waals surface area contributed by atoms with Crippen molar-refractivity contribution in [3.8, 4) is 0 Å². The predicted molar refractivity (Wildman–Crippen MR) is 47.2 cm³/mol. The molecule has 0 aromatic rings. The van der Waals surface area contributed by atoms with Gasteiger partial charge in [0, 0.05) is 7.11 Å². The summed E-state index contributed by atoms with van der Waals surface area (Å²) in [4.78, 5) is 0. The van der Waals surface area contributed by atoms with Gasteiger partial charge in [-0.3, -0.25) is 0 Å². The molecule has 1 saturated heterocycles. The lowest BCUT2D eigenvalue weighted by Gasteiger charge is -2.34. The number of ether oxygens (including phenoxy) is 2. The highest BCUT2D eigenvalue weighted by Crippen LogP contribution is 2.40. The highest BCUT2D eigenvalue weighted by molar-refractivity contribution is 5.06. The third-order valence-corrected chi connectivity index (χ3v) is 2.98. The maximum atomic E-state index is 10.0. The maximum absolute atomic E-state index is 10.0. The van der Waals surface area contributed by atoms with Crippen molar-refractivity contribution in [2.24, 2.45) is 0 Å². The minimum absolute atomic E-state index is 0.382. The van der Waals surface area contributed by atoms with Gasteiger partial charge in [0.15, 0.2) is 6.29 Å². The average molecular weight is 190 g/mol. The summed E-state index contributed by atoms with van der Waals surface area (Å²) in [5.41, 5.74) is -2.62. The van der Waals surface area contributed by atoms with E-state index >= 15 is 0 Å². The van der Waals surface area contributed by atoms with E-state index in [0.29, 0.717) is 6.42 Å². The van der Waals surface area contributed by atoms with Crippen LogP contribution in [0.2, 0.25) is 0 Å². The quantitative estimate of drug-likeness (QED) is 0.656. The molecule has 0 radical (unpaired) electrons. The van der Waals surface area contributed by atoms with Crippen LogP contribution in [0, 0.1) is 0 Å². The van der Waals surface area contributed by atoms with E-state index in [-0.39, 0.29) is 6.10 Å². The Morgan fingerprint density at radius 2 is 1.85 bits per heavy atom. The van der Waals surface area contributed by atoms with Gasteiger partial charge in [-0.25, -0.2) is 0 Å². The first kappa shape index (κ1) is 10.9. The molecule has 2 unspecified atom stereocenters. The van der Waals surface area contributed by atoms with Crippen molar-refractivity contribution in [1.82, 2.24) is 0 Å². The Labute approximate surface area is 78.5 Å². The van der Waals surface area contributed by atoms with Crippen molar-refractivity contribution in [1.29, 1.82) is 0 Å². The van der Waals surface area contributed by atoms with Crippen LogP contribution in [0.4, 0.5) is 0 Å². The minimum Gasteiger partial charge on any atom is -0.384 e. The van der Waals surface area contributed by atoms with E-state index in [9.17, 15) is 10.2 Å². The van der Waals surface area contributed by atoms with Gasteiger partial charge in [0.25, 0.3) is 0 Å². The van der Waals surface area contributed by atoms with E-state index in [1.165, 1.54) is 14.0 Å². The van der Waals surface area contributed by atoms with Gasteiger partial charge in [0.1, 0.15) is 11.2 Å². The first-order valence-corrected chi connectivity index (χ1v) is 4.51. The van der Waals surface area contributed by atoms with E-state index in [1.54, 1.807) is 6.92 Å². The zero-order chi connectivity index (χ0) is 10.3. The van der Waals surface area contributed by atoms with Crippen molar-refractivity contribution in [3.05, 3.63) is 0 Å². The van der Waals surface area contributed by atoms with E-state index in [0.717, 1.165) is 0 Å². The number of aliphatic hydroxyl groups is 2. The third kappa shape index (κ3) is 1.38. The van der Waals surface area contributed by atoms with E-state index in [2.05, 4.69) is 0 Å². The smallest absolute Gasteiger partial charge is 0.189 e. The molecule has 1 aliphatic heterocycles. The molecular weight excluding hydrogens is 172 g/mol. The Kier molecular flexibility index (Phi) is 2.69. The lowest BCUT2D eigenvalue weighted by atomic mass is 9.83. The number of hydrogen-bond acceptors (Lipinski definition) is 4. The van der Waals surface area contributed by atoms with Crippen LogP contribution >= 0.6 is 0 Å². The molecule has 1 fully saturated rings. The topological polar surface area (TPSA) is 58.9 Å². The van der Waals surface area contributed by atoms with Crippen molar-refractivity contribution >= 4 is 0 Å². The summed E-state index contributed by atoms with van der Waals surface area (Å²) in [6, 6.07) is 0. The standard InChI is InChI=1S/C9H18O4/c1-5-6-8(2,10)9(3,11)7(12-4)13-6/h6-7,10-11H,5H2,1-4H3/t6?,7?,8-,9-/m0/s1. The zero-order valence-electron chi connectivity index (χ0n) is 8.57. The molecule has 4 nitrogen and oxygen atoms in total. The molecule has 0 aromatic heterocycles. The van der Waals surface area contributed by atoms with Crippen LogP contribution in [-0.4, -0.2) is 40.9 Å². The summed E-state index contributed by atoms with van der Waals surface area (Å²) in [7, 11) is 1.45. The average Bonchev–Trinajstić information content (AvgIpc) is 2.20. The molecule has 0 bridgehead atoms. The predicted octanol–water partition coefficient (Wildman–Crippen LogP) is 0.270. The van der Waals surface area contributed by atoms with Crippen molar-refractivity contribution in [3.63, 3.8) is 0 Å². The lowest BCUT2D eigenvalue weighted by molar-refractivity contribution is -0.194. The van der Waals surface area contributed by atoms with Crippen LogP contribution in [0.15, 0.2) is 0 Å². The van der Waals surface area contributed by atoms with Gasteiger partial charge >= 0.3 is 0 Å². The molecule has 0 saturated carbocycles. The Morgan fingerprint density at radius 1 is 1.31 bits per heavy atom. The summed E-state index contributed by atoms with van der Waals surface area (Å²) < 4.78 is 10.3. The largest absolute Gasteiger partial charge is 0.384 e. The fourth-order valence-electron chi connectivity index (χ4n) is 1.76. The molecule has 4 heteroatoms. The minimum atomic E-state index is -1.36. The first-order valence-electron chi connectivity index (χ1n) is 4.51. The first-order chi connectivity index (χ1) is 5.87. The number of rotatable bonds is 2. The molecule has 0 aliphatic carbocycles. The fourth-order valence-corrected chi connectivity index (χ4v) is 1.76. The molecule has 0 amide bonds. The van der Waals surface area contributed by atoms with Crippen LogP contribution in [-0.2, 0) is 9.47 Å². The second-order valence-corrected chi connectivity index (χ2v) is 3.90. The highest BCUT2D eigenvalue weighted by Gasteiger charge is 2.60. The summed E-state index contributed by atoms with van der Waals surface area (Å²) in [5.74, 6) is 0. The van der Waals surface area contributed by atoms with Gasteiger partial charge in [-0.2, -0.15) is 0 Å². The van der Waals surface area contributed by atoms with Crippen LogP contribution in [0.5, 0.6) is 0 Å². The lowest BCUT2D eigenvalue weighted by Crippen LogP contribution is -2.55. The van der Waals surface area contributed by atoms with Gasteiger partial charge in [-0.05, 0) is 20.3 Å². The summed E-state index contributed by atoms with van der Waals surface area (Å²) >= 11 is 0. The van der Waals surface area contributed by atoms with Gasteiger partial charge in [0.2, 0.25) is 0 Å². The zero-order valence-corrected chi connectivity index (χ0v) is 8.57. The third-order valence-electron chi connectivity index (χ3n) is 2.98. The molecule has 13 heavy (non-hydrogen) atoms. The molecule has 2 N–H and O–H groups in total. The van der Waals surface area contributed by atoms with Crippen molar-refractivity contribution < 1.29 is 19.7 Å². The summed E-state index contributed by atoms with van der Waals surface area (Å²) in [5, 5.41) is 20.0. The van der Waals surface area contributed by atoms with E-state index in [4.69, 9.17) is 9.47 Å². The Bertz CT molecular complexity index is 168. The van der Waals surface area contributed by atoms with Gasteiger partial charge in [-0.1, -0.05) is 6.92 Å². The fraction of sp³-hybridized carbons (Fsp3) is 1.00. The van der Waals surface area contributed by atoms with Crippen molar-refractivity contribution in [2.75, 3.05) is 7.11 Å². The maximum Gasteiger partial charge on any atom is 0.189 e. The molecule has 4 atom stereocenters. The normalized spacial score (nSPS) is 51.2. The Morgan fingerprint density at radius 3 is 2.08 bits per heavy atom. The Balaban J connectivity index is 2.93. The van der Waals surface area contributed by atoms with Crippen molar-refractivity contribution in [2.45, 2.75) is 50.8 Å². The number of hydrogen-bond donors (Lipinski definition) is 2. The van der Waals surface area contributed by atoms with Crippen LogP contribution in [0.25, 0.3) is 0 Å². The summed E-state index contributed by atoms with van der Waals surface area (Å²) in [6.07, 6.45) is -0.497. The molecule has 78 valence electrons. The van der Waals surface area contributed by atoms with Crippen LogP contribution < -0.4 is 0 Å². The Hall–Kier alpha value is -0.160. The SMILES string of the molecule is CCC1OC(OC)[C@](C)(O)[C@@]1(C)O. The molecule has 1 aliphatic rings. The molecule has 0 spiro atoms. The van der Waals surface area contributed by atoms with Crippen LogP contribution in [0.1, 0.15) is 27.2 Å². The molecule has 1 rings (SSSR count). The van der Waals surface area contributed by atoms with Gasteiger partial charge in [0.05, 0.1) is 6.10 Å². The van der Waals surface area contributed by atoms with Gasteiger partial charge in [-0.15, -0.1) is 0 Å². The molecule has 1 heterocycles. The van der Waals surface area contributed by atoms with E-state index in [1.807, 2.05) is 6.92 Å². The van der Waals surface area contributed by atoms with Gasteiger partial charge < -0.3 is 19.7 Å². The highest BCUT2D eigenvalue weighted by atomic mass is 16.7. The molecular formula is C9H18O4. The van der Waals surface area contributed by atoms with E-state index < -0.39 is 17.5 Å². The summed E-state index contributed by atoms with van der Waals surface area (Å²) in [6.45, 7) is 4.99. The number of methoxy groups -OCH3 is 1.